The monoisotopic (exact) mass is 258 g/mol. The highest BCUT2D eigenvalue weighted by Gasteiger charge is 2.34. The van der Waals surface area contributed by atoms with Crippen LogP contribution in [0.15, 0.2) is 0 Å². The van der Waals surface area contributed by atoms with Crippen LogP contribution in [0.4, 0.5) is 0 Å². The van der Waals surface area contributed by atoms with E-state index < -0.39 is 10.5 Å². The van der Waals surface area contributed by atoms with Crippen molar-refractivity contribution in [3.05, 3.63) is 17.0 Å². The van der Waals surface area contributed by atoms with Gasteiger partial charge in [0.05, 0.1) is 5.41 Å². The molecule has 0 unspecified atom stereocenters. The Morgan fingerprint density at radius 3 is 2.39 bits per heavy atom. The van der Waals surface area contributed by atoms with Crippen LogP contribution in [0.25, 0.3) is 0 Å². The molecule has 1 radical (unpaired) electrons. The van der Waals surface area contributed by atoms with Crippen molar-refractivity contribution in [2.75, 3.05) is 39.3 Å². The van der Waals surface area contributed by atoms with Crippen LogP contribution in [-0.4, -0.2) is 60.1 Å². The molecule has 0 aliphatic carbocycles. The summed E-state index contributed by atoms with van der Waals surface area (Å²) in [7, 11) is 0. The number of rotatable bonds is 5. The first-order valence-corrected chi connectivity index (χ1v) is 5.95. The van der Waals surface area contributed by atoms with E-state index in [-0.39, 0.29) is 12.5 Å². The van der Waals surface area contributed by atoms with Gasteiger partial charge in [0, 0.05) is 26.2 Å². The molecule has 7 heteroatoms. The highest BCUT2D eigenvalue weighted by molar-refractivity contribution is 5.82. The molecule has 0 saturated carbocycles. The summed E-state index contributed by atoms with van der Waals surface area (Å²) in [6, 6.07) is 0. The lowest BCUT2D eigenvalue weighted by Crippen LogP contribution is -2.52. The zero-order valence-electron chi connectivity index (χ0n) is 10.9. The maximum Gasteiger partial charge on any atom is 0.294 e. The van der Waals surface area contributed by atoms with Crippen molar-refractivity contribution in [1.29, 1.82) is 0 Å². The van der Waals surface area contributed by atoms with Crippen molar-refractivity contribution in [3.8, 4) is 0 Å². The summed E-state index contributed by atoms with van der Waals surface area (Å²) in [5.41, 5.74) is -0.875. The lowest BCUT2D eigenvalue weighted by Gasteiger charge is -2.37. The average molecular weight is 258 g/mol. The molecule has 103 valence electrons. The minimum Gasteiger partial charge on any atom is -0.340 e. The Morgan fingerprint density at radius 2 is 1.94 bits per heavy atom. The molecule has 1 saturated heterocycles. The molecule has 0 aromatic carbocycles. The van der Waals surface area contributed by atoms with Gasteiger partial charge in [0.25, 0.3) is 5.09 Å². The van der Waals surface area contributed by atoms with E-state index in [1.165, 1.54) is 0 Å². The van der Waals surface area contributed by atoms with Crippen molar-refractivity contribution in [1.82, 2.24) is 9.80 Å². The Bertz CT molecular complexity index is 311. The zero-order valence-corrected chi connectivity index (χ0v) is 10.9. The molecular weight excluding hydrogens is 238 g/mol. The second-order valence-corrected chi connectivity index (χ2v) is 5.01. The number of piperazine rings is 1. The largest absolute Gasteiger partial charge is 0.340 e. The van der Waals surface area contributed by atoms with Crippen LogP contribution in [0.1, 0.15) is 13.8 Å². The van der Waals surface area contributed by atoms with E-state index in [0.29, 0.717) is 13.1 Å². The first kappa shape index (κ1) is 14.7. The Morgan fingerprint density at radius 1 is 1.39 bits per heavy atom. The van der Waals surface area contributed by atoms with E-state index in [0.717, 1.165) is 19.6 Å². The first-order valence-electron chi connectivity index (χ1n) is 5.95. The first-order chi connectivity index (χ1) is 8.36. The van der Waals surface area contributed by atoms with Crippen molar-refractivity contribution in [2.24, 2.45) is 5.41 Å². The van der Waals surface area contributed by atoms with E-state index >= 15 is 0 Å². The van der Waals surface area contributed by atoms with Crippen molar-refractivity contribution < 1.29 is 14.7 Å². The summed E-state index contributed by atoms with van der Waals surface area (Å²) in [6.07, 6.45) is 0. The van der Waals surface area contributed by atoms with Gasteiger partial charge in [0.1, 0.15) is 6.61 Å². The second-order valence-electron chi connectivity index (χ2n) is 5.01. The van der Waals surface area contributed by atoms with Gasteiger partial charge in [-0.3, -0.25) is 9.69 Å². The number of amides is 1. The quantitative estimate of drug-likeness (QED) is 0.520. The van der Waals surface area contributed by atoms with Crippen molar-refractivity contribution in [2.45, 2.75) is 13.8 Å². The summed E-state index contributed by atoms with van der Waals surface area (Å²) in [4.78, 5) is 30.6. The molecular formula is C11H20N3O4. The lowest BCUT2D eigenvalue weighted by molar-refractivity contribution is -0.760. The van der Waals surface area contributed by atoms with Gasteiger partial charge in [0.15, 0.2) is 0 Å². The molecule has 1 heterocycles. The van der Waals surface area contributed by atoms with Crippen molar-refractivity contribution in [3.63, 3.8) is 0 Å². The molecule has 1 fully saturated rings. The maximum absolute atomic E-state index is 12.2. The van der Waals surface area contributed by atoms with Gasteiger partial charge in [-0.25, -0.2) is 0 Å². The minimum absolute atomic E-state index is 0.104. The molecule has 0 aromatic rings. The topological polar surface area (TPSA) is 75.9 Å². The highest BCUT2D eigenvalue weighted by Crippen LogP contribution is 2.20. The van der Waals surface area contributed by atoms with Crippen LogP contribution in [0.3, 0.4) is 0 Å². The fourth-order valence-corrected chi connectivity index (χ4v) is 1.88. The molecule has 1 aliphatic heterocycles. The van der Waals surface area contributed by atoms with Gasteiger partial charge in [-0.2, -0.15) is 0 Å². The predicted octanol–water partition coefficient (Wildman–Crippen LogP) is 0.199. The standard InChI is InChI=1S/C11H20N3O4/c1-4-12-5-7-13(8-6-12)10(15)11(2,3)9-18-14(16)17/h1,4-9H2,2-3H3. The summed E-state index contributed by atoms with van der Waals surface area (Å²) < 4.78 is 0. The number of carbonyl (C=O) groups is 1. The van der Waals surface area contributed by atoms with Gasteiger partial charge >= 0.3 is 0 Å². The third-order valence-corrected chi connectivity index (χ3v) is 3.09. The Balaban J connectivity index is 2.50. The number of hydrogen-bond acceptors (Lipinski definition) is 5. The van der Waals surface area contributed by atoms with Crippen molar-refractivity contribution >= 4 is 5.91 Å². The molecule has 0 N–H and O–H groups in total. The smallest absolute Gasteiger partial charge is 0.294 e. The fourth-order valence-electron chi connectivity index (χ4n) is 1.88. The molecule has 1 amide bonds. The van der Waals surface area contributed by atoms with E-state index in [1.54, 1.807) is 18.7 Å². The average Bonchev–Trinajstić information content (AvgIpc) is 2.36. The number of nitrogens with zero attached hydrogens (tertiary/aromatic N) is 3. The molecule has 0 aromatic heterocycles. The van der Waals surface area contributed by atoms with Gasteiger partial charge in [-0.05, 0) is 27.3 Å². The maximum atomic E-state index is 12.2. The van der Waals surface area contributed by atoms with Gasteiger partial charge < -0.3 is 9.74 Å². The van der Waals surface area contributed by atoms with Crippen LogP contribution in [0.2, 0.25) is 0 Å². The molecule has 7 nitrogen and oxygen atoms in total. The highest BCUT2D eigenvalue weighted by atomic mass is 16.9. The summed E-state index contributed by atoms with van der Waals surface area (Å²) in [6.45, 7) is 10.5. The Labute approximate surface area is 107 Å². The van der Waals surface area contributed by atoms with Gasteiger partial charge in [-0.1, -0.05) is 0 Å². The molecule has 0 spiro atoms. The normalized spacial score (nSPS) is 17.6. The van der Waals surface area contributed by atoms with Crippen LogP contribution in [0, 0.1) is 22.5 Å². The zero-order chi connectivity index (χ0) is 13.8. The Kier molecular flexibility index (Phi) is 4.89. The van der Waals surface area contributed by atoms with Crippen LogP contribution >= 0.6 is 0 Å². The molecule has 1 rings (SSSR count). The molecule has 0 bridgehead atoms. The minimum atomic E-state index is -0.875. The summed E-state index contributed by atoms with van der Waals surface area (Å²) in [5.74, 6) is -0.104. The molecule has 18 heavy (non-hydrogen) atoms. The van der Waals surface area contributed by atoms with Crippen LogP contribution < -0.4 is 0 Å². The summed E-state index contributed by atoms with van der Waals surface area (Å²) in [5, 5.41) is 9.31. The predicted molar refractivity (Wildman–Crippen MR) is 65.1 cm³/mol. The van der Waals surface area contributed by atoms with E-state index in [9.17, 15) is 14.9 Å². The fraction of sp³-hybridized carbons (Fsp3) is 0.818. The third kappa shape index (κ3) is 3.83. The molecule has 1 aliphatic rings. The Hall–Kier alpha value is -1.37. The SMILES string of the molecule is [CH2]CN1CCN(C(=O)C(C)(C)CO[N+](=O)[O-])CC1. The number of hydrogen-bond donors (Lipinski definition) is 0. The van der Waals surface area contributed by atoms with Crippen LogP contribution in [-0.2, 0) is 9.63 Å². The summed E-state index contributed by atoms with van der Waals surface area (Å²) >= 11 is 0. The molecule has 0 atom stereocenters. The second kappa shape index (κ2) is 5.99. The van der Waals surface area contributed by atoms with Gasteiger partial charge in [-0.15, -0.1) is 10.1 Å². The van der Waals surface area contributed by atoms with E-state index in [4.69, 9.17) is 0 Å². The third-order valence-electron chi connectivity index (χ3n) is 3.09. The van der Waals surface area contributed by atoms with E-state index in [1.807, 2.05) is 0 Å². The van der Waals surface area contributed by atoms with E-state index in [2.05, 4.69) is 16.7 Å². The van der Waals surface area contributed by atoms with Crippen LogP contribution in [0.5, 0.6) is 0 Å². The number of carbonyl (C=O) groups excluding carboxylic acids is 1. The van der Waals surface area contributed by atoms with Gasteiger partial charge in [0.2, 0.25) is 5.91 Å². The lowest BCUT2D eigenvalue weighted by atomic mass is 9.92.